The number of hydrogen-bond acceptors (Lipinski definition) is 5. The zero-order chi connectivity index (χ0) is 27.2. The third-order valence-corrected chi connectivity index (χ3v) is 4.83. The summed E-state index contributed by atoms with van der Waals surface area (Å²) in [5, 5.41) is 2.28. The van der Waals surface area contributed by atoms with Crippen LogP contribution in [0.25, 0.3) is 0 Å². The predicted octanol–water partition coefficient (Wildman–Crippen LogP) is 7.77. The molecule has 1 aliphatic heterocycles. The molecule has 1 unspecified atom stereocenters. The van der Waals surface area contributed by atoms with Gasteiger partial charge in [0.15, 0.2) is 0 Å². The first-order chi connectivity index (χ1) is 16.7. The summed E-state index contributed by atoms with van der Waals surface area (Å²) in [7, 11) is 0. The van der Waals surface area contributed by atoms with E-state index in [4.69, 9.17) is 4.74 Å². The Morgan fingerprint density at radius 1 is 0.886 bits per heavy atom. The fraction of sp³-hybridized carbons (Fsp3) is 0.897. The van der Waals surface area contributed by atoms with Crippen LogP contribution in [0.4, 0.5) is 0 Å². The lowest BCUT2D eigenvalue weighted by Gasteiger charge is -2.20. The second-order valence-corrected chi connectivity index (χ2v) is 9.84. The maximum atomic E-state index is 11.0. The molecular weight excluding hydrogens is 442 g/mol. The van der Waals surface area contributed by atoms with Crippen molar-refractivity contribution in [1.82, 2.24) is 5.32 Å². The molecule has 1 saturated heterocycles. The van der Waals surface area contributed by atoms with Gasteiger partial charge in [0, 0.05) is 0 Å². The van der Waals surface area contributed by atoms with E-state index < -0.39 is 0 Å². The van der Waals surface area contributed by atoms with Gasteiger partial charge in [-0.3, -0.25) is 14.4 Å². The highest BCUT2D eigenvalue weighted by atomic mass is 16.6. The highest BCUT2D eigenvalue weighted by Gasteiger charge is 2.22. The SMILES string of the molecule is CC(C)C.CC1CC(=O)O1.CCCCCC.CCCCCCCCCCCCOC(=O)CNC=O. The zero-order valence-electron chi connectivity index (χ0n) is 24.3. The monoisotopic (exact) mass is 501 g/mol. The summed E-state index contributed by atoms with van der Waals surface area (Å²) in [5.41, 5.74) is 0. The number of carbonyl (C=O) groups is 3. The number of esters is 2. The molecule has 35 heavy (non-hydrogen) atoms. The first kappa shape index (κ1) is 37.9. The molecule has 1 N–H and O–H groups in total. The van der Waals surface area contributed by atoms with Crippen molar-refractivity contribution in [3.63, 3.8) is 0 Å². The summed E-state index contributed by atoms with van der Waals surface area (Å²) in [6, 6.07) is 0. The van der Waals surface area contributed by atoms with Crippen LogP contribution in [0.2, 0.25) is 0 Å². The Balaban J connectivity index is -0.000000512. The van der Waals surface area contributed by atoms with Crippen LogP contribution in [-0.4, -0.2) is 37.6 Å². The Labute approximate surface area is 217 Å². The van der Waals surface area contributed by atoms with Crippen LogP contribution >= 0.6 is 0 Å². The van der Waals surface area contributed by atoms with Crippen LogP contribution in [0.3, 0.4) is 0 Å². The third-order valence-electron chi connectivity index (χ3n) is 4.83. The largest absolute Gasteiger partial charge is 0.464 e. The van der Waals surface area contributed by atoms with Gasteiger partial charge in [-0.2, -0.15) is 0 Å². The molecule has 210 valence electrons. The first-order valence-corrected chi connectivity index (χ1v) is 14.3. The minimum Gasteiger partial charge on any atom is -0.464 e. The highest BCUT2D eigenvalue weighted by Crippen LogP contribution is 2.11. The molecule has 0 bridgehead atoms. The minimum absolute atomic E-state index is 0.0265. The number of amides is 1. The Hall–Kier alpha value is -1.59. The van der Waals surface area contributed by atoms with Crippen molar-refractivity contribution in [2.75, 3.05) is 13.2 Å². The summed E-state index contributed by atoms with van der Waals surface area (Å²) in [5.74, 6) is 0.408. The summed E-state index contributed by atoms with van der Waals surface area (Å²) < 4.78 is 9.46. The van der Waals surface area contributed by atoms with E-state index in [0.717, 1.165) is 18.8 Å². The molecule has 1 rings (SSSR count). The maximum Gasteiger partial charge on any atom is 0.325 e. The fourth-order valence-electron chi connectivity index (χ4n) is 2.90. The Morgan fingerprint density at radius 3 is 1.57 bits per heavy atom. The summed E-state index contributed by atoms with van der Waals surface area (Å²) in [6.07, 6.45) is 19.5. The standard InChI is InChI=1S/C15H29NO3.C6H14.C4H6O2.C4H10/c1-2-3-4-5-6-7-8-9-10-11-12-19-15(18)13-16-14-17;1-3-5-6-4-2;1-3-2-4(5)6-3;1-4(2)3/h14H,2-13H2,1H3,(H,16,17);3-6H2,1-2H3;3H,2H2,1H3;4H,1-3H3. The molecule has 6 heteroatoms. The predicted molar refractivity (Wildman–Crippen MR) is 147 cm³/mol. The number of unbranched alkanes of at least 4 members (excludes halogenated alkanes) is 12. The molecule has 1 atom stereocenters. The average molecular weight is 502 g/mol. The van der Waals surface area contributed by atoms with E-state index in [-0.39, 0.29) is 24.6 Å². The van der Waals surface area contributed by atoms with Crippen molar-refractivity contribution in [2.24, 2.45) is 5.92 Å². The van der Waals surface area contributed by atoms with Gasteiger partial charge < -0.3 is 14.8 Å². The lowest BCUT2D eigenvalue weighted by Crippen LogP contribution is -2.29. The van der Waals surface area contributed by atoms with Crippen molar-refractivity contribution in [2.45, 2.75) is 151 Å². The van der Waals surface area contributed by atoms with Gasteiger partial charge in [-0.25, -0.2) is 0 Å². The molecule has 6 nitrogen and oxygen atoms in total. The Kier molecular flexibility index (Phi) is 35.1. The van der Waals surface area contributed by atoms with Gasteiger partial charge in [-0.15, -0.1) is 0 Å². The number of cyclic esters (lactones) is 1. The van der Waals surface area contributed by atoms with E-state index in [9.17, 15) is 14.4 Å². The first-order valence-electron chi connectivity index (χ1n) is 14.3. The zero-order valence-corrected chi connectivity index (χ0v) is 24.3. The van der Waals surface area contributed by atoms with Gasteiger partial charge in [-0.1, -0.05) is 125 Å². The van der Waals surface area contributed by atoms with E-state index in [1.165, 1.54) is 77.0 Å². The molecule has 1 aliphatic rings. The molecule has 0 aromatic carbocycles. The maximum absolute atomic E-state index is 11.0. The van der Waals surface area contributed by atoms with Crippen molar-refractivity contribution in [3.8, 4) is 0 Å². The summed E-state index contributed by atoms with van der Waals surface area (Å²) in [4.78, 5) is 30.9. The lowest BCUT2D eigenvalue weighted by molar-refractivity contribution is -0.167. The van der Waals surface area contributed by atoms with Crippen molar-refractivity contribution in [1.29, 1.82) is 0 Å². The van der Waals surface area contributed by atoms with Crippen LogP contribution in [0, 0.1) is 5.92 Å². The van der Waals surface area contributed by atoms with Gasteiger partial charge in [0.25, 0.3) is 0 Å². The minimum atomic E-state index is -0.358. The van der Waals surface area contributed by atoms with E-state index >= 15 is 0 Å². The van der Waals surface area contributed by atoms with Crippen LogP contribution in [0.15, 0.2) is 0 Å². The topological polar surface area (TPSA) is 81.7 Å². The molecule has 0 saturated carbocycles. The molecule has 0 aromatic heterocycles. The average Bonchev–Trinajstić information content (AvgIpc) is 2.79. The van der Waals surface area contributed by atoms with E-state index in [1.54, 1.807) is 0 Å². The lowest BCUT2D eigenvalue weighted by atomic mass is 10.1. The van der Waals surface area contributed by atoms with Crippen molar-refractivity contribution < 1.29 is 23.9 Å². The van der Waals surface area contributed by atoms with E-state index in [1.807, 2.05) is 6.92 Å². The van der Waals surface area contributed by atoms with E-state index in [2.05, 4.69) is 51.6 Å². The van der Waals surface area contributed by atoms with Gasteiger partial charge in [0.1, 0.15) is 12.6 Å². The molecule has 0 radical (unpaired) electrons. The number of ether oxygens (including phenoxy) is 2. The molecule has 1 fully saturated rings. The van der Waals surface area contributed by atoms with E-state index in [0.29, 0.717) is 19.4 Å². The number of hydrogen-bond donors (Lipinski definition) is 1. The second-order valence-electron chi connectivity index (χ2n) is 9.84. The second kappa shape index (κ2) is 32.4. The molecule has 0 aromatic rings. The highest BCUT2D eigenvalue weighted by molar-refractivity contribution is 5.75. The summed E-state index contributed by atoms with van der Waals surface area (Å²) >= 11 is 0. The number of nitrogens with one attached hydrogen (secondary N) is 1. The van der Waals surface area contributed by atoms with Crippen LogP contribution < -0.4 is 5.32 Å². The number of carbonyl (C=O) groups excluding carboxylic acids is 3. The normalized spacial score (nSPS) is 13.5. The third kappa shape index (κ3) is 43.0. The molecule has 0 spiro atoms. The van der Waals surface area contributed by atoms with Gasteiger partial charge in [0.2, 0.25) is 6.41 Å². The molecule has 1 amide bonds. The Bertz CT molecular complexity index is 440. The van der Waals surface area contributed by atoms with Crippen LogP contribution in [0.5, 0.6) is 0 Å². The van der Waals surface area contributed by atoms with Gasteiger partial charge in [0.05, 0.1) is 13.0 Å². The van der Waals surface area contributed by atoms with Crippen molar-refractivity contribution >= 4 is 18.3 Å². The van der Waals surface area contributed by atoms with Gasteiger partial charge in [-0.05, 0) is 19.3 Å². The Morgan fingerprint density at radius 2 is 1.26 bits per heavy atom. The van der Waals surface area contributed by atoms with Gasteiger partial charge >= 0.3 is 11.9 Å². The smallest absolute Gasteiger partial charge is 0.325 e. The molecule has 0 aliphatic carbocycles. The summed E-state index contributed by atoms with van der Waals surface area (Å²) in [6.45, 7) is 15.5. The number of rotatable bonds is 17. The molecular formula is C29H59NO5. The van der Waals surface area contributed by atoms with Crippen molar-refractivity contribution in [3.05, 3.63) is 0 Å². The molecule has 1 heterocycles. The van der Waals surface area contributed by atoms with Crippen LogP contribution in [-0.2, 0) is 23.9 Å². The van der Waals surface area contributed by atoms with Crippen LogP contribution in [0.1, 0.15) is 145 Å². The quantitative estimate of drug-likeness (QED) is 0.125. The fourth-order valence-corrected chi connectivity index (χ4v) is 2.90.